The highest BCUT2D eigenvalue weighted by Gasteiger charge is 2.10. The van der Waals surface area contributed by atoms with E-state index < -0.39 is 0 Å². The molecule has 13 heavy (non-hydrogen) atoms. The topological polar surface area (TPSA) is 3.24 Å². The molecule has 0 fully saturated rings. The molecule has 0 aliphatic carbocycles. The van der Waals surface area contributed by atoms with Crippen LogP contribution >= 0.6 is 0 Å². The van der Waals surface area contributed by atoms with Crippen LogP contribution in [0.25, 0.3) is 0 Å². The second-order valence-corrected chi connectivity index (χ2v) is 4.50. The fourth-order valence-corrected chi connectivity index (χ4v) is 1.94. The summed E-state index contributed by atoms with van der Waals surface area (Å²) in [5.41, 5.74) is 0. The van der Waals surface area contributed by atoms with Gasteiger partial charge in [0.2, 0.25) is 0 Å². The van der Waals surface area contributed by atoms with Gasteiger partial charge in [-0.25, -0.2) is 0 Å². The van der Waals surface area contributed by atoms with Gasteiger partial charge in [-0.1, -0.05) is 33.6 Å². The smallest absolute Gasteiger partial charge is 0.00866 e. The minimum absolute atomic E-state index is 0.791. The average molecular weight is 185 g/mol. The number of rotatable bonds is 7. The van der Waals surface area contributed by atoms with Crippen molar-refractivity contribution in [2.45, 2.75) is 58.9 Å². The molecule has 0 amide bonds. The van der Waals surface area contributed by atoms with Gasteiger partial charge in [0.05, 0.1) is 0 Å². The normalized spacial score (nSPS) is 16.2. The third-order valence-electron chi connectivity index (χ3n) is 2.98. The summed E-state index contributed by atoms with van der Waals surface area (Å²) in [5.74, 6) is 0.916. The summed E-state index contributed by atoms with van der Waals surface area (Å²) >= 11 is 0. The first-order valence-electron chi connectivity index (χ1n) is 5.78. The van der Waals surface area contributed by atoms with E-state index in [1.165, 1.54) is 32.1 Å². The van der Waals surface area contributed by atoms with Crippen molar-refractivity contribution in [3.63, 3.8) is 0 Å². The Bertz CT molecular complexity index is 110. The molecule has 0 aromatic rings. The van der Waals surface area contributed by atoms with Crippen LogP contribution in [0.1, 0.15) is 52.9 Å². The molecular weight excluding hydrogens is 158 g/mol. The molecule has 0 aromatic heterocycles. The molecule has 1 nitrogen and oxygen atoms in total. The highest BCUT2D eigenvalue weighted by atomic mass is 15.1. The van der Waals surface area contributed by atoms with E-state index in [1.54, 1.807) is 0 Å². The van der Waals surface area contributed by atoms with Crippen molar-refractivity contribution >= 4 is 0 Å². The first-order chi connectivity index (χ1) is 6.11. The van der Waals surface area contributed by atoms with E-state index in [9.17, 15) is 0 Å². The van der Waals surface area contributed by atoms with Gasteiger partial charge < -0.3 is 4.90 Å². The minimum Gasteiger partial charge on any atom is -0.306 e. The third kappa shape index (κ3) is 6.09. The predicted octanol–water partition coefficient (Wildman–Crippen LogP) is 3.54. The van der Waals surface area contributed by atoms with Crippen molar-refractivity contribution in [1.29, 1.82) is 0 Å². The lowest BCUT2D eigenvalue weighted by Crippen LogP contribution is -2.27. The molecule has 0 saturated carbocycles. The number of hydrogen-bond acceptors (Lipinski definition) is 1. The lowest BCUT2D eigenvalue weighted by Gasteiger charge is -2.24. The molecule has 0 aliphatic heterocycles. The molecule has 80 valence electrons. The van der Waals surface area contributed by atoms with Crippen molar-refractivity contribution in [2.75, 3.05) is 14.1 Å². The first-order valence-corrected chi connectivity index (χ1v) is 5.78. The maximum absolute atomic E-state index is 2.38. The standard InChI is InChI=1S/C12H27N/c1-6-8-11(3)9-10-12(7-2)13(4)5/h11-12H,6-10H2,1-5H3. The maximum atomic E-state index is 2.38. The van der Waals surface area contributed by atoms with Crippen LogP contribution in [-0.2, 0) is 0 Å². The average Bonchev–Trinajstić information content (AvgIpc) is 2.05. The van der Waals surface area contributed by atoms with E-state index in [1.807, 2.05) is 0 Å². The lowest BCUT2D eigenvalue weighted by atomic mass is 9.96. The monoisotopic (exact) mass is 185 g/mol. The molecule has 2 atom stereocenters. The minimum atomic E-state index is 0.791. The van der Waals surface area contributed by atoms with Crippen LogP contribution < -0.4 is 0 Å². The Labute approximate surface area is 84.5 Å². The summed E-state index contributed by atoms with van der Waals surface area (Å²) in [5, 5.41) is 0. The van der Waals surface area contributed by atoms with E-state index in [4.69, 9.17) is 0 Å². The summed E-state index contributed by atoms with van der Waals surface area (Å²) in [6.07, 6.45) is 6.77. The van der Waals surface area contributed by atoms with Crippen LogP contribution in [0.3, 0.4) is 0 Å². The number of nitrogens with zero attached hydrogens (tertiary/aromatic N) is 1. The molecule has 0 spiro atoms. The molecule has 0 saturated heterocycles. The fraction of sp³-hybridized carbons (Fsp3) is 1.00. The zero-order valence-electron chi connectivity index (χ0n) is 10.1. The van der Waals surface area contributed by atoms with Crippen molar-refractivity contribution in [3.8, 4) is 0 Å². The maximum Gasteiger partial charge on any atom is 0.00866 e. The molecule has 0 aliphatic rings. The molecule has 2 unspecified atom stereocenters. The molecule has 0 radical (unpaired) electrons. The first kappa shape index (κ1) is 13.0. The molecule has 0 bridgehead atoms. The van der Waals surface area contributed by atoms with Crippen molar-refractivity contribution in [1.82, 2.24) is 4.90 Å². The van der Waals surface area contributed by atoms with Crippen LogP contribution in [0, 0.1) is 5.92 Å². The third-order valence-corrected chi connectivity index (χ3v) is 2.98. The summed E-state index contributed by atoms with van der Waals surface area (Å²) in [7, 11) is 4.39. The van der Waals surface area contributed by atoms with Gasteiger partial charge in [0, 0.05) is 6.04 Å². The van der Waals surface area contributed by atoms with Gasteiger partial charge in [-0.05, 0) is 39.3 Å². The zero-order valence-corrected chi connectivity index (χ0v) is 10.1. The fourth-order valence-electron chi connectivity index (χ4n) is 1.94. The summed E-state index contributed by atoms with van der Waals surface area (Å²) in [4.78, 5) is 2.36. The van der Waals surface area contributed by atoms with Gasteiger partial charge >= 0.3 is 0 Å². The van der Waals surface area contributed by atoms with Crippen LogP contribution in [0.5, 0.6) is 0 Å². The molecule has 0 aromatic carbocycles. The van der Waals surface area contributed by atoms with Crippen LogP contribution in [0.4, 0.5) is 0 Å². The van der Waals surface area contributed by atoms with E-state index in [0.717, 1.165) is 12.0 Å². The van der Waals surface area contributed by atoms with E-state index >= 15 is 0 Å². The Morgan fingerprint density at radius 2 is 1.62 bits per heavy atom. The Kier molecular flexibility index (Phi) is 7.35. The Morgan fingerprint density at radius 1 is 1.00 bits per heavy atom. The van der Waals surface area contributed by atoms with Crippen molar-refractivity contribution in [2.24, 2.45) is 5.92 Å². The highest BCUT2D eigenvalue weighted by molar-refractivity contribution is 4.65. The van der Waals surface area contributed by atoms with E-state index in [0.29, 0.717) is 0 Å². The molecule has 0 N–H and O–H groups in total. The van der Waals surface area contributed by atoms with E-state index in [2.05, 4.69) is 39.8 Å². The second-order valence-electron chi connectivity index (χ2n) is 4.50. The summed E-state index contributed by atoms with van der Waals surface area (Å²) < 4.78 is 0. The summed E-state index contributed by atoms with van der Waals surface area (Å²) in [6, 6.07) is 0.791. The second kappa shape index (κ2) is 7.37. The Morgan fingerprint density at radius 3 is 2.00 bits per heavy atom. The van der Waals surface area contributed by atoms with Crippen LogP contribution in [0.15, 0.2) is 0 Å². The van der Waals surface area contributed by atoms with Gasteiger partial charge in [0.25, 0.3) is 0 Å². The van der Waals surface area contributed by atoms with Gasteiger partial charge in [0.1, 0.15) is 0 Å². The summed E-state index contributed by atoms with van der Waals surface area (Å²) in [6.45, 7) is 6.95. The quantitative estimate of drug-likeness (QED) is 0.586. The van der Waals surface area contributed by atoms with Crippen LogP contribution in [0.2, 0.25) is 0 Å². The zero-order chi connectivity index (χ0) is 10.3. The Balaban J connectivity index is 3.59. The SMILES string of the molecule is CCCC(C)CCC(CC)N(C)C. The molecule has 0 rings (SSSR count). The highest BCUT2D eigenvalue weighted by Crippen LogP contribution is 2.16. The largest absolute Gasteiger partial charge is 0.306 e. The van der Waals surface area contributed by atoms with Gasteiger partial charge in [-0.2, -0.15) is 0 Å². The van der Waals surface area contributed by atoms with Gasteiger partial charge in [-0.3, -0.25) is 0 Å². The van der Waals surface area contributed by atoms with Gasteiger partial charge in [-0.15, -0.1) is 0 Å². The predicted molar refractivity (Wildman–Crippen MR) is 61.1 cm³/mol. The Hall–Kier alpha value is -0.0400. The van der Waals surface area contributed by atoms with Gasteiger partial charge in [0.15, 0.2) is 0 Å². The van der Waals surface area contributed by atoms with Crippen molar-refractivity contribution in [3.05, 3.63) is 0 Å². The molecular formula is C12H27N. The number of hydrogen-bond donors (Lipinski definition) is 0. The van der Waals surface area contributed by atoms with E-state index in [-0.39, 0.29) is 0 Å². The van der Waals surface area contributed by atoms with Crippen molar-refractivity contribution < 1.29 is 0 Å². The molecule has 0 heterocycles. The van der Waals surface area contributed by atoms with Crippen LogP contribution in [-0.4, -0.2) is 25.0 Å². The molecule has 1 heteroatoms. The lowest BCUT2D eigenvalue weighted by molar-refractivity contribution is 0.253.